The van der Waals surface area contributed by atoms with Crippen LogP contribution in [0.3, 0.4) is 0 Å². The number of aromatic amines is 3. The van der Waals surface area contributed by atoms with E-state index in [1.807, 2.05) is 133 Å². The fourth-order valence-electron chi connectivity index (χ4n) is 4.74. The molecule has 4 aliphatic rings. The zero-order valence-electron chi connectivity index (χ0n) is 43.6. The van der Waals surface area contributed by atoms with Gasteiger partial charge < -0.3 is 44.0 Å². The number of nitrogens with zero attached hydrogens (tertiary/aromatic N) is 18. The van der Waals surface area contributed by atoms with Crippen molar-refractivity contribution in [3.05, 3.63) is 244 Å². The summed E-state index contributed by atoms with van der Waals surface area (Å²) >= 11 is 4.85. The van der Waals surface area contributed by atoms with E-state index in [9.17, 15) is 0 Å². The lowest BCUT2D eigenvalue weighted by Crippen LogP contribution is -2.22. The molecule has 0 aliphatic carbocycles. The maximum absolute atomic E-state index is 4.65. The van der Waals surface area contributed by atoms with E-state index in [1.54, 1.807) is 128 Å². The molecule has 0 aromatic carbocycles. The summed E-state index contributed by atoms with van der Waals surface area (Å²) < 4.78 is 23.0. The molecule has 82 heavy (non-hydrogen) atoms. The zero-order chi connectivity index (χ0) is 57.2. The van der Waals surface area contributed by atoms with Gasteiger partial charge in [0.2, 0.25) is 0 Å². The highest BCUT2D eigenvalue weighted by molar-refractivity contribution is 8.02. The second-order valence-corrected chi connectivity index (χ2v) is 16.0. The number of rotatable bonds is 0. The van der Waals surface area contributed by atoms with Gasteiger partial charge >= 0.3 is 0 Å². The number of nitrogens with one attached hydrogen (secondary N) is 9. The van der Waals surface area contributed by atoms with E-state index in [1.165, 1.54) is 43.1 Å². The second kappa shape index (κ2) is 48.6. The average molecular weight is 1170 g/mol. The summed E-state index contributed by atoms with van der Waals surface area (Å²) in [5.41, 5.74) is 15.9. The first kappa shape index (κ1) is 63.8. The molecular weight excluding hydrogens is 1110 g/mol. The molecule has 0 saturated heterocycles. The Morgan fingerprint density at radius 2 is 1.38 bits per heavy atom. The molecule has 0 bridgehead atoms. The minimum atomic E-state index is 0.639. The molecule has 30 nitrogen and oxygen atoms in total. The van der Waals surface area contributed by atoms with Gasteiger partial charge in [-0.3, -0.25) is 20.1 Å². The molecule has 0 amide bonds. The highest BCUT2D eigenvalue weighted by Gasteiger charge is 1.88. The van der Waals surface area contributed by atoms with E-state index in [0.29, 0.717) is 20.1 Å². The molecule has 0 fully saturated rings. The number of hydrogen-bond donors (Lipinski definition) is 9. The highest BCUT2D eigenvalue weighted by atomic mass is 32.2. The molecule has 13 aromatic heterocycles. The third-order valence-corrected chi connectivity index (χ3v) is 9.77. The van der Waals surface area contributed by atoms with Crippen LogP contribution in [-0.4, -0.2) is 133 Å². The van der Waals surface area contributed by atoms with Crippen LogP contribution in [0.1, 0.15) is 0 Å². The van der Waals surface area contributed by atoms with Crippen LogP contribution in [0.5, 0.6) is 0 Å². The minimum Gasteiger partial charge on any atom is -0.479 e. The number of aromatic nitrogens is 19. The number of ether oxygens (including phenoxy) is 1. The Bertz CT molecular complexity index is 2600. The molecule has 0 unspecified atom stereocenters. The average Bonchev–Trinajstić information content (AvgIpc) is 4.42. The summed E-state index contributed by atoms with van der Waals surface area (Å²) in [5.74, 6) is 1.06. The van der Waals surface area contributed by atoms with Gasteiger partial charge in [-0.1, -0.05) is 23.4 Å². The molecule has 4 aliphatic heterocycles. The van der Waals surface area contributed by atoms with Crippen LogP contribution in [0.25, 0.3) is 16.7 Å². The van der Waals surface area contributed by atoms with Crippen molar-refractivity contribution in [2.45, 2.75) is 0 Å². The Morgan fingerprint density at radius 3 is 1.76 bits per heavy atom. The lowest BCUT2D eigenvalue weighted by molar-refractivity contribution is 0.267. The predicted molar refractivity (Wildman–Crippen MR) is 314 cm³/mol. The number of thioether (sulfide) groups is 1. The van der Waals surface area contributed by atoms with Crippen molar-refractivity contribution in [1.82, 2.24) is 126 Å². The van der Waals surface area contributed by atoms with E-state index in [-0.39, 0.29) is 0 Å². The third kappa shape index (κ3) is 35.6. The zero-order valence-corrected chi connectivity index (χ0v) is 46.0. The predicted octanol–water partition coefficient (Wildman–Crippen LogP) is 6.00. The van der Waals surface area contributed by atoms with Crippen molar-refractivity contribution in [1.29, 1.82) is 0 Å². The summed E-state index contributed by atoms with van der Waals surface area (Å²) in [4.78, 5) is 26.4. The fraction of sp³-hybridized carbons (Fsp3) is 0.0816. The molecule has 0 saturated carbocycles. The molecule has 33 heteroatoms. The molecule has 13 aromatic rings. The molecule has 0 spiro atoms. The Hall–Kier alpha value is -10.7. The number of imidazole rings is 2. The van der Waals surface area contributed by atoms with Crippen LogP contribution in [0.15, 0.2) is 263 Å². The number of oxazole rings is 1. The van der Waals surface area contributed by atoms with Crippen molar-refractivity contribution in [2.24, 2.45) is 9.98 Å². The van der Waals surface area contributed by atoms with Crippen molar-refractivity contribution in [3.8, 4) is 0 Å². The Kier molecular flexibility index (Phi) is 37.8. The maximum atomic E-state index is 4.65. The van der Waals surface area contributed by atoms with Crippen LogP contribution in [0.4, 0.5) is 0 Å². The van der Waals surface area contributed by atoms with Crippen molar-refractivity contribution >= 4 is 64.0 Å². The summed E-state index contributed by atoms with van der Waals surface area (Å²) in [7, 11) is 0. The molecule has 17 heterocycles. The van der Waals surface area contributed by atoms with Crippen LogP contribution in [-0.2, 0) is 4.74 Å². The molecule has 9 N–H and O–H groups in total. The summed E-state index contributed by atoms with van der Waals surface area (Å²) in [6.07, 6.45) is 44.0. The van der Waals surface area contributed by atoms with E-state index in [4.69, 9.17) is 0 Å². The summed E-state index contributed by atoms with van der Waals surface area (Å²) in [6.45, 7) is 2.06. The van der Waals surface area contributed by atoms with Crippen molar-refractivity contribution in [3.63, 3.8) is 0 Å². The largest absolute Gasteiger partial charge is 0.479 e. The summed E-state index contributed by atoms with van der Waals surface area (Å²) in [5, 5.41) is 43.8. The quantitative estimate of drug-likeness (QED) is 0.0840. The Balaban J connectivity index is 0.000000191. The first-order valence-electron chi connectivity index (χ1n) is 23.7. The first-order valence-corrected chi connectivity index (χ1v) is 26.5. The van der Waals surface area contributed by atoms with Gasteiger partial charge in [-0.15, -0.1) is 23.1 Å². The molecule has 426 valence electrons. The van der Waals surface area contributed by atoms with Gasteiger partial charge in [-0.25, -0.2) is 39.7 Å². The van der Waals surface area contributed by atoms with Crippen LogP contribution >= 0.6 is 34.6 Å². The number of hydrazine groups is 2. The standard InChI is InChI=1S/3C7H6N2.C3H5NO.2C3H3NO.C3H5NS.2C3H3NS.2C2H5N3.3C2H3N3/c1-2-6-9-7(3-1)4-5-8-9;1-2-5-9-6-4-8-7(9)3-1;1-2-4-9-6-8-5-7(9)3-1;2*1-2-5-3-4-1;1-2-4-5-3-1;2*1-2-5-3-4-1;1-2-4-5-3-1;3*1-3-2-5-4-1;2*1-2-4-5-3-1/h3*1-6H;1-2,4H,3H2;2*1-3H;1-2,4H,3H2;2*1-3H;2*1,5H,2H2,(H,3,4);3*1-2H,(H,3,4,5). The highest BCUT2D eigenvalue weighted by Crippen LogP contribution is 2.02. The van der Waals surface area contributed by atoms with Gasteiger partial charge in [0.05, 0.1) is 84.8 Å². The SMILES string of the molecule is C1=COCN1.C1=CSCN1.C1=NCNN1.C1=NCNN1.c1ccn2ccnc2c1.c1ccn2cncc2c1.c1ccn2nccc2c1.c1cn[nH]n1.c1cn[nH]n1.c1cnoc1.c1cnsc1.c1cocn1.c1cscn1.c1nc[nH]n1. The van der Waals surface area contributed by atoms with Crippen molar-refractivity contribution in [2.75, 3.05) is 25.9 Å². The summed E-state index contributed by atoms with van der Waals surface area (Å²) in [6, 6.07) is 23.5. The van der Waals surface area contributed by atoms with Crippen LogP contribution in [0.2, 0.25) is 0 Å². The number of hydrogen-bond acceptors (Lipinski definition) is 27. The number of aliphatic imine (C=N–C) groups is 2. The number of fused-ring (bicyclic) bond motifs is 3. The van der Waals surface area contributed by atoms with Gasteiger partial charge in [0.1, 0.15) is 50.4 Å². The minimum absolute atomic E-state index is 0.639. The van der Waals surface area contributed by atoms with Gasteiger partial charge in [0.15, 0.2) is 13.1 Å². The van der Waals surface area contributed by atoms with E-state index in [0.717, 1.165) is 22.6 Å². The topological polar surface area (TPSA) is 361 Å². The van der Waals surface area contributed by atoms with Gasteiger partial charge in [0, 0.05) is 72.7 Å². The Labute approximate surface area is 481 Å². The molecular formula is C49H59N27O3S3. The lowest BCUT2D eigenvalue weighted by atomic mass is 10.4. The fourth-order valence-corrected chi connectivity index (χ4v) is 5.92. The van der Waals surface area contributed by atoms with Gasteiger partial charge in [-0.05, 0) is 71.5 Å². The molecule has 0 radical (unpaired) electrons. The smallest absolute Gasteiger partial charge is 0.180 e. The number of H-pyrrole nitrogens is 3. The maximum Gasteiger partial charge on any atom is 0.180 e. The Morgan fingerprint density at radius 1 is 0.598 bits per heavy atom. The van der Waals surface area contributed by atoms with Crippen LogP contribution < -0.4 is 32.3 Å². The van der Waals surface area contributed by atoms with Crippen LogP contribution in [0, 0.1) is 0 Å². The van der Waals surface area contributed by atoms with E-state index in [2.05, 4.69) is 137 Å². The number of pyridine rings is 3. The normalized spacial score (nSPS) is 11.4. The number of thiazole rings is 1. The van der Waals surface area contributed by atoms with E-state index < -0.39 is 0 Å². The van der Waals surface area contributed by atoms with Gasteiger partial charge in [-0.2, -0.15) is 41.0 Å². The molecule has 0 atom stereocenters. The monoisotopic (exact) mass is 1170 g/mol. The first-order chi connectivity index (χ1) is 40.9. The molecule has 17 rings (SSSR count). The lowest BCUT2D eigenvalue weighted by Gasteiger charge is -1.86. The van der Waals surface area contributed by atoms with Crippen molar-refractivity contribution < 1.29 is 13.7 Å². The van der Waals surface area contributed by atoms with E-state index >= 15 is 0 Å². The van der Waals surface area contributed by atoms with Gasteiger partial charge in [0.25, 0.3) is 0 Å². The third-order valence-electron chi connectivity index (χ3n) is 8.07. The second-order valence-electron chi connectivity index (χ2n) is 13.6.